The number of nitrogens with one attached hydrogen (secondary N) is 1. The van der Waals surface area contributed by atoms with Gasteiger partial charge in [-0.05, 0) is 25.1 Å². The number of carbonyl (C=O) groups is 3. The lowest BCUT2D eigenvalue weighted by Crippen LogP contribution is -2.27. The highest BCUT2D eigenvalue weighted by Gasteiger charge is 2.20. The van der Waals surface area contributed by atoms with E-state index in [2.05, 4.69) is 5.32 Å². The van der Waals surface area contributed by atoms with Gasteiger partial charge in [-0.2, -0.15) is 0 Å². The Morgan fingerprint density at radius 2 is 1.89 bits per heavy atom. The van der Waals surface area contributed by atoms with Gasteiger partial charge in [0.2, 0.25) is 5.91 Å². The number of carboxylic acid groups (broad SMARTS) is 1. The molecule has 0 radical (unpaired) electrons. The number of carboxylic acids is 1. The molecule has 0 bridgehead atoms. The van der Waals surface area contributed by atoms with Crippen molar-refractivity contribution in [2.45, 2.75) is 6.92 Å². The average Bonchev–Trinajstić information content (AvgIpc) is 2.36. The lowest BCUT2D eigenvalue weighted by atomic mass is 10.1. The molecule has 6 heteroatoms. The molecule has 0 saturated carbocycles. The lowest BCUT2D eigenvalue weighted by molar-refractivity contribution is -0.144. The van der Waals surface area contributed by atoms with Gasteiger partial charge in [0.05, 0.1) is 0 Å². The van der Waals surface area contributed by atoms with Crippen molar-refractivity contribution in [3.8, 4) is 0 Å². The van der Waals surface area contributed by atoms with Crippen LogP contribution in [0.3, 0.4) is 0 Å². The Morgan fingerprint density at radius 3 is 2.42 bits per heavy atom. The minimum absolute atomic E-state index is 0.192. The van der Waals surface area contributed by atoms with E-state index >= 15 is 0 Å². The number of rotatable bonds is 4. The van der Waals surface area contributed by atoms with Gasteiger partial charge in [0, 0.05) is 25.3 Å². The van der Waals surface area contributed by atoms with Crippen LogP contribution in [0, 0.1) is 5.92 Å². The molecule has 1 atom stereocenters. The van der Waals surface area contributed by atoms with Crippen molar-refractivity contribution < 1.29 is 19.5 Å². The zero-order valence-corrected chi connectivity index (χ0v) is 11.0. The maximum absolute atomic E-state index is 11.7. The summed E-state index contributed by atoms with van der Waals surface area (Å²) in [5, 5.41) is 11.2. The van der Waals surface area contributed by atoms with Gasteiger partial charge < -0.3 is 15.3 Å². The van der Waals surface area contributed by atoms with Gasteiger partial charge in [0.25, 0.3) is 5.91 Å². The first kappa shape index (κ1) is 14.7. The second-order valence-electron chi connectivity index (χ2n) is 4.33. The molecule has 1 unspecified atom stereocenters. The van der Waals surface area contributed by atoms with Crippen LogP contribution >= 0.6 is 0 Å². The molecule has 0 saturated heterocycles. The first-order chi connectivity index (χ1) is 8.82. The summed E-state index contributed by atoms with van der Waals surface area (Å²) in [4.78, 5) is 35.4. The molecule has 1 aromatic carbocycles. The monoisotopic (exact) mass is 264 g/mol. The van der Waals surface area contributed by atoms with Gasteiger partial charge in [-0.15, -0.1) is 0 Å². The van der Waals surface area contributed by atoms with E-state index in [-0.39, 0.29) is 5.91 Å². The second kappa shape index (κ2) is 5.99. The highest BCUT2D eigenvalue weighted by molar-refractivity contribution is 6.04. The quantitative estimate of drug-likeness (QED) is 0.796. The standard InChI is InChI=1S/C13H16N2O4/c1-8(13(18)19)11(16)14-10-6-4-5-9(7-10)12(17)15(2)3/h4-8H,1-3H3,(H,14,16)(H,18,19). The summed E-state index contributed by atoms with van der Waals surface area (Å²) in [6.45, 7) is 1.30. The Balaban J connectivity index is 2.86. The minimum atomic E-state index is -1.20. The number of carbonyl (C=O) groups excluding carboxylic acids is 2. The maximum Gasteiger partial charge on any atom is 0.315 e. The van der Waals surface area contributed by atoms with Gasteiger partial charge >= 0.3 is 5.97 Å². The van der Waals surface area contributed by atoms with E-state index in [4.69, 9.17) is 5.11 Å². The third-order valence-corrected chi connectivity index (χ3v) is 2.55. The third-order valence-electron chi connectivity index (χ3n) is 2.55. The van der Waals surface area contributed by atoms with Gasteiger partial charge in [-0.1, -0.05) is 6.07 Å². The van der Waals surface area contributed by atoms with Gasteiger partial charge in [-0.25, -0.2) is 0 Å². The van der Waals surface area contributed by atoms with E-state index in [0.717, 1.165) is 0 Å². The normalized spacial score (nSPS) is 11.5. The highest BCUT2D eigenvalue weighted by Crippen LogP contribution is 2.13. The zero-order valence-electron chi connectivity index (χ0n) is 11.0. The molecule has 6 nitrogen and oxygen atoms in total. The first-order valence-electron chi connectivity index (χ1n) is 5.68. The molecular weight excluding hydrogens is 248 g/mol. The molecule has 2 N–H and O–H groups in total. The third kappa shape index (κ3) is 3.80. The molecule has 102 valence electrons. The lowest BCUT2D eigenvalue weighted by Gasteiger charge is -2.12. The summed E-state index contributed by atoms with van der Waals surface area (Å²) >= 11 is 0. The summed E-state index contributed by atoms with van der Waals surface area (Å²) in [5.41, 5.74) is 0.816. The van der Waals surface area contributed by atoms with Crippen LogP contribution in [0.2, 0.25) is 0 Å². The predicted octanol–water partition coefficient (Wildman–Crippen LogP) is 1.05. The van der Waals surface area contributed by atoms with Crippen LogP contribution < -0.4 is 5.32 Å². The summed E-state index contributed by atoms with van der Waals surface area (Å²) in [7, 11) is 3.25. The van der Waals surface area contributed by atoms with Crippen LogP contribution in [0.15, 0.2) is 24.3 Å². The molecule has 0 aliphatic heterocycles. The number of nitrogens with zero attached hydrogens (tertiary/aromatic N) is 1. The average molecular weight is 264 g/mol. The number of anilines is 1. The van der Waals surface area contributed by atoms with E-state index < -0.39 is 17.8 Å². The number of amides is 2. The van der Waals surface area contributed by atoms with Gasteiger partial charge in [-0.3, -0.25) is 14.4 Å². The van der Waals surface area contributed by atoms with E-state index in [1.54, 1.807) is 32.3 Å². The fourth-order valence-corrected chi connectivity index (χ4v) is 1.35. The number of hydrogen-bond donors (Lipinski definition) is 2. The molecule has 0 aliphatic rings. The smallest absolute Gasteiger partial charge is 0.315 e. The summed E-state index contributed by atoms with van der Waals surface area (Å²) in [6, 6.07) is 6.35. The van der Waals surface area contributed by atoms with Crippen molar-refractivity contribution in [1.29, 1.82) is 0 Å². The number of benzene rings is 1. The van der Waals surface area contributed by atoms with Crippen molar-refractivity contribution in [2.75, 3.05) is 19.4 Å². The van der Waals surface area contributed by atoms with Gasteiger partial charge in [0.1, 0.15) is 5.92 Å². The van der Waals surface area contributed by atoms with E-state index in [0.29, 0.717) is 11.3 Å². The first-order valence-corrected chi connectivity index (χ1v) is 5.68. The Hall–Kier alpha value is -2.37. The zero-order chi connectivity index (χ0) is 14.6. The largest absolute Gasteiger partial charge is 0.481 e. The Morgan fingerprint density at radius 1 is 1.26 bits per heavy atom. The fraction of sp³-hybridized carbons (Fsp3) is 0.308. The Kier molecular flexibility index (Phi) is 4.63. The van der Waals surface area contributed by atoms with Gasteiger partial charge in [0.15, 0.2) is 0 Å². The Bertz CT molecular complexity index is 511. The van der Waals surface area contributed by atoms with Crippen molar-refractivity contribution in [3.05, 3.63) is 29.8 Å². The highest BCUT2D eigenvalue weighted by atomic mass is 16.4. The van der Waals surface area contributed by atoms with Crippen molar-refractivity contribution in [3.63, 3.8) is 0 Å². The van der Waals surface area contributed by atoms with Crippen molar-refractivity contribution in [2.24, 2.45) is 5.92 Å². The molecule has 0 fully saturated rings. The maximum atomic E-state index is 11.7. The van der Waals surface area contributed by atoms with Crippen LogP contribution in [0.4, 0.5) is 5.69 Å². The molecule has 1 rings (SSSR count). The summed E-state index contributed by atoms with van der Waals surface area (Å²) in [5.74, 6) is -3.16. The molecule has 0 aromatic heterocycles. The topological polar surface area (TPSA) is 86.7 Å². The molecular formula is C13H16N2O4. The van der Waals surface area contributed by atoms with E-state index in [1.807, 2.05) is 0 Å². The van der Waals surface area contributed by atoms with Crippen LogP contribution in [0.1, 0.15) is 17.3 Å². The van der Waals surface area contributed by atoms with E-state index in [1.165, 1.54) is 17.9 Å². The molecule has 0 spiro atoms. The second-order valence-corrected chi connectivity index (χ2v) is 4.33. The van der Waals surface area contributed by atoms with E-state index in [9.17, 15) is 14.4 Å². The van der Waals surface area contributed by atoms with Crippen LogP contribution in [0.25, 0.3) is 0 Å². The van der Waals surface area contributed by atoms with Crippen molar-refractivity contribution >= 4 is 23.5 Å². The number of aliphatic carboxylic acids is 1. The Labute approximate surface area is 111 Å². The molecule has 19 heavy (non-hydrogen) atoms. The number of hydrogen-bond acceptors (Lipinski definition) is 3. The van der Waals surface area contributed by atoms with Crippen molar-refractivity contribution in [1.82, 2.24) is 4.90 Å². The van der Waals surface area contributed by atoms with Crippen LogP contribution in [0.5, 0.6) is 0 Å². The molecule has 2 amide bonds. The fourth-order valence-electron chi connectivity index (χ4n) is 1.35. The minimum Gasteiger partial charge on any atom is -0.481 e. The van der Waals surface area contributed by atoms with Crippen LogP contribution in [-0.4, -0.2) is 41.9 Å². The predicted molar refractivity (Wildman–Crippen MR) is 69.9 cm³/mol. The van der Waals surface area contributed by atoms with Crippen LogP contribution in [-0.2, 0) is 9.59 Å². The molecule has 0 aliphatic carbocycles. The molecule has 1 aromatic rings. The molecule has 0 heterocycles. The summed E-state index contributed by atoms with van der Waals surface area (Å²) in [6.07, 6.45) is 0. The SMILES string of the molecule is CC(C(=O)O)C(=O)Nc1cccc(C(=O)N(C)C)c1. The summed E-state index contributed by atoms with van der Waals surface area (Å²) < 4.78 is 0.